The lowest BCUT2D eigenvalue weighted by molar-refractivity contribution is 0.370. The molecule has 20 heavy (non-hydrogen) atoms. The van der Waals surface area contributed by atoms with Gasteiger partial charge < -0.3 is 10.5 Å². The Labute approximate surface area is 118 Å². The zero-order chi connectivity index (χ0) is 14.5. The molecule has 1 atom stereocenters. The molecule has 2 rings (SSSR count). The molecule has 0 amide bonds. The van der Waals surface area contributed by atoms with Crippen LogP contribution in [0.15, 0.2) is 41.2 Å². The van der Waals surface area contributed by atoms with E-state index in [2.05, 4.69) is 24.2 Å². The van der Waals surface area contributed by atoms with E-state index >= 15 is 0 Å². The Morgan fingerprint density at radius 3 is 2.55 bits per heavy atom. The van der Waals surface area contributed by atoms with Crippen molar-refractivity contribution in [2.45, 2.75) is 25.9 Å². The molecular formula is C15H19N3O2. The summed E-state index contributed by atoms with van der Waals surface area (Å²) in [5.74, 6) is 0.401. The fourth-order valence-electron chi connectivity index (χ4n) is 1.96. The van der Waals surface area contributed by atoms with Gasteiger partial charge in [0.2, 0.25) is 5.88 Å². The van der Waals surface area contributed by atoms with E-state index in [1.165, 1.54) is 23.4 Å². The second kappa shape index (κ2) is 6.34. The van der Waals surface area contributed by atoms with Crippen molar-refractivity contribution in [2.75, 3.05) is 7.11 Å². The summed E-state index contributed by atoms with van der Waals surface area (Å²) < 4.78 is 6.35. The Kier molecular flexibility index (Phi) is 4.53. The van der Waals surface area contributed by atoms with Crippen LogP contribution >= 0.6 is 0 Å². The van der Waals surface area contributed by atoms with E-state index < -0.39 is 0 Å². The van der Waals surface area contributed by atoms with Gasteiger partial charge in [-0.05, 0) is 17.5 Å². The summed E-state index contributed by atoms with van der Waals surface area (Å²) in [5.41, 5.74) is 8.20. The molecule has 2 aromatic rings. The zero-order valence-corrected chi connectivity index (χ0v) is 11.7. The number of rotatable bonds is 5. The highest BCUT2D eigenvalue weighted by atomic mass is 16.5. The van der Waals surface area contributed by atoms with Crippen LogP contribution in [0.1, 0.15) is 24.1 Å². The summed E-state index contributed by atoms with van der Waals surface area (Å²) in [6, 6.07) is 10.8. The molecule has 1 aromatic carbocycles. The van der Waals surface area contributed by atoms with Crippen LogP contribution < -0.4 is 16.0 Å². The molecule has 1 heterocycles. The Bertz CT molecular complexity index is 620. The fraction of sp³-hybridized carbons (Fsp3) is 0.333. The minimum atomic E-state index is -0.279. The molecule has 1 unspecified atom stereocenters. The minimum absolute atomic E-state index is 0.188. The van der Waals surface area contributed by atoms with Crippen molar-refractivity contribution in [3.05, 3.63) is 57.9 Å². The van der Waals surface area contributed by atoms with Crippen molar-refractivity contribution in [3.63, 3.8) is 0 Å². The molecule has 0 aliphatic carbocycles. The number of aromatic nitrogens is 2. The van der Waals surface area contributed by atoms with Crippen LogP contribution in [-0.2, 0) is 13.0 Å². The Hall–Kier alpha value is -2.14. The number of methoxy groups -OCH3 is 1. The van der Waals surface area contributed by atoms with Gasteiger partial charge in [-0.3, -0.25) is 4.79 Å². The second-order valence-electron chi connectivity index (χ2n) is 4.60. The number of nitrogens with two attached hydrogens (primary N) is 1. The topological polar surface area (TPSA) is 70.1 Å². The molecule has 0 spiro atoms. The number of nitrogens with zero attached hydrogens (tertiary/aromatic N) is 2. The highest BCUT2D eigenvalue weighted by molar-refractivity contribution is 5.24. The van der Waals surface area contributed by atoms with Crippen molar-refractivity contribution < 1.29 is 4.74 Å². The van der Waals surface area contributed by atoms with E-state index in [0.717, 1.165) is 12.0 Å². The molecule has 5 heteroatoms. The quantitative estimate of drug-likeness (QED) is 0.896. The first-order valence-electron chi connectivity index (χ1n) is 6.60. The summed E-state index contributed by atoms with van der Waals surface area (Å²) in [6.07, 6.45) is 0.992. The second-order valence-corrected chi connectivity index (χ2v) is 4.60. The fourth-order valence-corrected chi connectivity index (χ4v) is 1.96. The minimum Gasteiger partial charge on any atom is -0.480 e. The molecule has 5 nitrogen and oxygen atoms in total. The van der Waals surface area contributed by atoms with Crippen molar-refractivity contribution in [1.82, 2.24) is 9.78 Å². The Morgan fingerprint density at radius 2 is 1.95 bits per heavy atom. The molecule has 0 saturated heterocycles. The molecule has 106 valence electrons. The first-order chi connectivity index (χ1) is 9.63. The van der Waals surface area contributed by atoms with Gasteiger partial charge in [0.25, 0.3) is 5.56 Å². The van der Waals surface area contributed by atoms with Gasteiger partial charge in [0.1, 0.15) is 0 Å². The third-order valence-electron chi connectivity index (χ3n) is 3.24. The van der Waals surface area contributed by atoms with Gasteiger partial charge in [-0.2, -0.15) is 0 Å². The van der Waals surface area contributed by atoms with Crippen LogP contribution in [0.4, 0.5) is 0 Å². The normalized spacial score (nSPS) is 12.2. The van der Waals surface area contributed by atoms with Gasteiger partial charge in [-0.1, -0.05) is 31.2 Å². The average Bonchev–Trinajstić information content (AvgIpc) is 2.49. The molecular weight excluding hydrogens is 254 g/mol. The van der Waals surface area contributed by atoms with E-state index in [1.807, 2.05) is 12.1 Å². The van der Waals surface area contributed by atoms with E-state index in [1.54, 1.807) is 6.07 Å². The number of hydrogen-bond acceptors (Lipinski definition) is 4. The Balaban J connectivity index is 2.18. The Morgan fingerprint density at radius 1 is 1.25 bits per heavy atom. The first kappa shape index (κ1) is 14.3. The van der Waals surface area contributed by atoms with Gasteiger partial charge in [-0.25, -0.2) is 4.68 Å². The maximum Gasteiger partial charge on any atom is 0.267 e. The number of aryl methyl sites for hydroxylation is 1. The van der Waals surface area contributed by atoms with Crippen molar-refractivity contribution in [1.29, 1.82) is 0 Å². The molecule has 0 aliphatic rings. The van der Waals surface area contributed by atoms with Crippen LogP contribution in [0, 0.1) is 0 Å². The standard InChI is InChI=1S/C15H19N3O2/c1-3-11-4-6-12(7-5-11)13(16)10-18-15(19)9-8-14(17-18)20-2/h4-9,13H,3,10,16H2,1-2H3. The summed E-state index contributed by atoms with van der Waals surface area (Å²) in [6.45, 7) is 2.43. The maximum absolute atomic E-state index is 11.7. The predicted octanol–water partition coefficient (Wildman–Crippen LogP) is 1.51. The lowest BCUT2D eigenvalue weighted by Crippen LogP contribution is -2.28. The highest BCUT2D eigenvalue weighted by Crippen LogP contribution is 2.13. The summed E-state index contributed by atoms with van der Waals surface area (Å²) in [4.78, 5) is 11.7. The van der Waals surface area contributed by atoms with Crippen LogP contribution in [-0.4, -0.2) is 16.9 Å². The van der Waals surface area contributed by atoms with Crippen LogP contribution in [0.3, 0.4) is 0 Å². The van der Waals surface area contributed by atoms with Crippen LogP contribution in [0.2, 0.25) is 0 Å². The molecule has 1 aromatic heterocycles. The summed E-state index contributed by atoms with van der Waals surface area (Å²) in [5, 5.41) is 4.09. The van der Waals surface area contributed by atoms with Crippen molar-refractivity contribution in [2.24, 2.45) is 5.73 Å². The largest absolute Gasteiger partial charge is 0.480 e. The van der Waals surface area contributed by atoms with Gasteiger partial charge >= 0.3 is 0 Å². The molecule has 0 aliphatic heterocycles. The molecule has 0 bridgehead atoms. The third kappa shape index (κ3) is 3.24. The third-order valence-corrected chi connectivity index (χ3v) is 3.24. The van der Waals surface area contributed by atoms with Crippen LogP contribution in [0.25, 0.3) is 0 Å². The van der Waals surface area contributed by atoms with Gasteiger partial charge in [0.05, 0.1) is 13.7 Å². The highest BCUT2D eigenvalue weighted by Gasteiger charge is 2.09. The summed E-state index contributed by atoms with van der Waals surface area (Å²) >= 11 is 0. The van der Waals surface area contributed by atoms with Gasteiger partial charge in [0, 0.05) is 18.2 Å². The number of hydrogen-bond donors (Lipinski definition) is 1. The van der Waals surface area contributed by atoms with Crippen molar-refractivity contribution in [3.8, 4) is 5.88 Å². The monoisotopic (exact) mass is 273 g/mol. The van der Waals surface area contributed by atoms with Crippen LogP contribution in [0.5, 0.6) is 5.88 Å². The van der Waals surface area contributed by atoms with E-state index in [-0.39, 0.29) is 11.6 Å². The SMILES string of the molecule is CCc1ccc(C(N)Cn2nc(OC)ccc2=O)cc1. The maximum atomic E-state index is 11.7. The van der Waals surface area contributed by atoms with E-state index in [4.69, 9.17) is 10.5 Å². The molecule has 2 N–H and O–H groups in total. The molecule has 0 saturated carbocycles. The van der Waals surface area contributed by atoms with Crippen molar-refractivity contribution >= 4 is 0 Å². The summed E-state index contributed by atoms with van der Waals surface area (Å²) in [7, 11) is 1.51. The number of benzene rings is 1. The number of ether oxygens (including phenoxy) is 1. The molecule has 0 radical (unpaired) electrons. The average molecular weight is 273 g/mol. The lowest BCUT2D eigenvalue weighted by Gasteiger charge is -2.14. The van der Waals surface area contributed by atoms with E-state index in [0.29, 0.717) is 12.4 Å². The van der Waals surface area contributed by atoms with Gasteiger partial charge in [-0.15, -0.1) is 5.10 Å². The lowest BCUT2D eigenvalue weighted by atomic mass is 10.0. The smallest absolute Gasteiger partial charge is 0.267 e. The predicted molar refractivity (Wildman–Crippen MR) is 77.8 cm³/mol. The first-order valence-corrected chi connectivity index (χ1v) is 6.60. The van der Waals surface area contributed by atoms with E-state index in [9.17, 15) is 4.79 Å². The van der Waals surface area contributed by atoms with Gasteiger partial charge in [0.15, 0.2) is 0 Å². The zero-order valence-electron chi connectivity index (χ0n) is 11.7. The molecule has 0 fully saturated rings.